The SMILES string of the molecule is CC(c1ccc(C(F)(F)F)c(F)c1)n1nc(CC(F)(F)F)c2c(=O)[nH]c(=O)[nH]c21. The number of halogens is 7. The summed E-state index contributed by atoms with van der Waals surface area (Å²) in [4.78, 5) is 27.5. The molecule has 0 radical (unpaired) electrons. The molecule has 0 bridgehead atoms. The van der Waals surface area contributed by atoms with E-state index in [9.17, 15) is 40.3 Å². The van der Waals surface area contributed by atoms with Crippen LogP contribution in [0.15, 0.2) is 27.8 Å². The molecule has 1 unspecified atom stereocenters. The summed E-state index contributed by atoms with van der Waals surface area (Å²) in [6.45, 7) is 1.31. The van der Waals surface area contributed by atoms with Crippen molar-refractivity contribution in [1.29, 1.82) is 0 Å². The van der Waals surface area contributed by atoms with Crippen molar-refractivity contribution in [2.24, 2.45) is 0 Å². The van der Waals surface area contributed by atoms with Gasteiger partial charge in [0, 0.05) is 0 Å². The Morgan fingerprint density at radius 2 is 1.76 bits per heavy atom. The van der Waals surface area contributed by atoms with Crippen LogP contribution in [0.4, 0.5) is 30.7 Å². The zero-order valence-corrected chi connectivity index (χ0v) is 14.4. The lowest BCUT2D eigenvalue weighted by Crippen LogP contribution is -2.23. The molecule has 0 saturated carbocycles. The molecule has 3 aromatic rings. The molecule has 2 aromatic heterocycles. The van der Waals surface area contributed by atoms with Crippen LogP contribution in [0.2, 0.25) is 0 Å². The summed E-state index contributed by atoms with van der Waals surface area (Å²) in [6, 6.07) is 0.877. The Morgan fingerprint density at radius 1 is 1.10 bits per heavy atom. The molecule has 3 rings (SSSR count). The van der Waals surface area contributed by atoms with Gasteiger partial charge in [0.1, 0.15) is 16.9 Å². The van der Waals surface area contributed by atoms with Gasteiger partial charge >= 0.3 is 18.0 Å². The van der Waals surface area contributed by atoms with Gasteiger partial charge in [-0.05, 0) is 24.6 Å². The van der Waals surface area contributed by atoms with Crippen LogP contribution in [-0.4, -0.2) is 25.9 Å². The molecule has 2 heterocycles. The van der Waals surface area contributed by atoms with E-state index < -0.39 is 58.5 Å². The highest BCUT2D eigenvalue weighted by atomic mass is 19.4. The molecule has 0 saturated heterocycles. The molecule has 29 heavy (non-hydrogen) atoms. The molecule has 1 atom stereocenters. The summed E-state index contributed by atoms with van der Waals surface area (Å²) in [5.41, 5.74) is -4.77. The third-order valence-electron chi connectivity index (χ3n) is 4.18. The molecule has 0 aliphatic rings. The Morgan fingerprint density at radius 3 is 2.31 bits per heavy atom. The summed E-state index contributed by atoms with van der Waals surface area (Å²) >= 11 is 0. The van der Waals surface area contributed by atoms with Crippen molar-refractivity contribution in [3.63, 3.8) is 0 Å². The molecule has 1 aromatic carbocycles. The van der Waals surface area contributed by atoms with Gasteiger partial charge in [0.15, 0.2) is 0 Å². The highest BCUT2D eigenvalue weighted by Gasteiger charge is 2.35. The highest BCUT2D eigenvalue weighted by molar-refractivity contribution is 5.77. The van der Waals surface area contributed by atoms with Gasteiger partial charge in [-0.25, -0.2) is 13.9 Å². The second-order valence-electron chi connectivity index (χ2n) is 6.23. The number of nitrogens with zero attached hydrogens (tertiary/aromatic N) is 2. The molecule has 0 aliphatic carbocycles. The smallest absolute Gasteiger partial charge is 0.292 e. The van der Waals surface area contributed by atoms with Crippen molar-refractivity contribution in [3.8, 4) is 0 Å². The minimum Gasteiger partial charge on any atom is -0.292 e. The number of fused-ring (bicyclic) bond motifs is 1. The predicted octanol–water partition coefficient (Wildman–Crippen LogP) is 3.28. The molecule has 0 spiro atoms. The van der Waals surface area contributed by atoms with Crippen LogP contribution in [0.5, 0.6) is 0 Å². The topological polar surface area (TPSA) is 83.5 Å². The Kier molecular flexibility index (Phi) is 4.79. The average molecular weight is 424 g/mol. The monoisotopic (exact) mass is 424 g/mol. The Hall–Kier alpha value is -3.12. The zero-order chi connectivity index (χ0) is 21.7. The second-order valence-corrected chi connectivity index (χ2v) is 6.23. The lowest BCUT2D eigenvalue weighted by atomic mass is 10.1. The molecule has 156 valence electrons. The first kappa shape index (κ1) is 20.6. The van der Waals surface area contributed by atoms with Gasteiger partial charge in [-0.15, -0.1) is 0 Å². The number of aromatic amines is 2. The zero-order valence-electron chi connectivity index (χ0n) is 14.4. The minimum atomic E-state index is -4.93. The maximum Gasteiger partial charge on any atom is 0.419 e. The number of rotatable bonds is 3. The molecule has 6 nitrogen and oxygen atoms in total. The molecular weight excluding hydrogens is 413 g/mol. The lowest BCUT2D eigenvalue weighted by Gasteiger charge is -2.16. The molecule has 13 heteroatoms. The van der Waals surface area contributed by atoms with Gasteiger partial charge < -0.3 is 0 Å². The number of aromatic nitrogens is 4. The quantitative estimate of drug-likeness (QED) is 0.633. The molecule has 0 amide bonds. The lowest BCUT2D eigenvalue weighted by molar-refractivity contribution is -0.140. The van der Waals surface area contributed by atoms with Crippen LogP contribution in [0.1, 0.15) is 29.8 Å². The summed E-state index contributed by atoms with van der Waals surface area (Å²) in [6.07, 6.45) is -11.2. The molecule has 0 aliphatic heterocycles. The predicted molar refractivity (Wildman–Crippen MR) is 85.9 cm³/mol. The van der Waals surface area contributed by atoms with E-state index in [0.717, 1.165) is 10.7 Å². The Labute approximate surface area is 156 Å². The number of nitrogens with one attached hydrogen (secondary N) is 2. The highest BCUT2D eigenvalue weighted by Crippen LogP contribution is 2.33. The summed E-state index contributed by atoms with van der Waals surface area (Å²) < 4.78 is 91.4. The van der Waals surface area contributed by atoms with E-state index >= 15 is 0 Å². The van der Waals surface area contributed by atoms with Crippen LogP contribution in [0, 0.1) is 5.82 Å². The van der Waals surface area contributed by atoms with E-state index in [2.05, 4.69) is 10.1 Å². The fourth-order valence-corrected chi connectivity index (χ4v) is 2.90. The summed E-state index contributed by atoms with van der Waals surface area (Å²) in [5.74, 6) is -1.58. The minimum absolute atomic E-state index is 0.0698. The van der Waals surface area contributed by atoms with Gasteiger partial charge in [-0.3, -0.25) is 14.8 Å². The average Bonchev–Trinajstić information content (AvgIpc) is 2.89. The normalized spacial score (nSPS) is 13.8. The fourth-order valence-electron chi connectivity index (χ4n) is 2.90. The van der Waals surface area contributed by atoms with Crippen LogP contribution in [0.3, 0.4) is 0 Å². The van der Waals surface area contributed by atoms with Gasteiger partial charge in [0.25, 0.3) is 5.56 Å². The van der Waals surface area contributed by atoms with Crippen molar-refractivity contribution in [2.75, 3.05) is 0 Å². The van der Waals surface area contributed by atoms with E-state index in [-0.39, 0.29) is 11.2 Å². The van der Waals surface area contributed by atoms with Crippen LogP contribution in [0.25, 0.3) is 11.0 Å². The van der Waals surface area contributed by atoms with Crippen molar-refractivity contribution in [2.45, 2.75) is 31.7 Å². The first-order valence-electron chi connectivity index (χ1n) is 7.95. The Bertz CT molecular complexity index is 1190. The second kappa shape index (κ2) is 6.74. The maximum atomic E-state index is 13.9. The van der Waals surface area contributed by atoms with E-state index in [1.54, 1.807) is 4.98 Å². The van der Waals surface area contributed by atoms with Crippen molar-refractivity contribution in [1.82, 2.24) is 19.7 Å². The maximum absolute atomic E-state index is 13.9. The van der Waals surface area contributed by atoms with Crippen LogP contribution >= 0.6 is 0 Å². The van der Waals surface area contributed by atoms with Gasteiger partial charge in [-0.2, -0.15) is 31.4 Å². The third-order valence-corrected chi connectivity index (χ3v) is 4.18. The first-order valence-corrected chi connectivity index (χ1v) is 7.95. The summed E-state index contributed by atoms with van der Waals surface area (Å²) in [7, 11) is 0. The third kappa shape index (κ3) is 4.03. The van der Waals surface area contributed by atoms with Crippen LogP contribution in [-0.2, 0) is 12.6 Å². The van der Waals surface area contributed by atoms with Crippen molar-refractivity contribution < 1.29 is 30.7 Å². The fraction of sp³-hybridized carbons (Fsp3) is 0.312. The van der Waals surface area contributed by atoms with Gasteiger partial charge in [0.2, 0.25) is 0 Å². The van der Waals surface area contributed by atoms with Crippen LogP contribution < -0.4 is 11.2 Å². The van der Waals surface area contributed by atoms with E-state index in [0.29, 0.717) is 12.1 Å². The van der Waals surface area contributed by atoms with Gasteiger partial charge in [0.05, 0.1) is 23.7 Å². The van der Waals surface area contributed by atoms with Crippen molar-refractivity contribution in [3.05, 3.63) is 61.7 Å². The van der Waals surface area contributed by atoms with E-state index in [1.165, 1.54) is 6.92 Å². The number of hydrogen-bond acceptors (Lipinski definition) is 3. The number of H-pyrrole nitrogens is 2. The van der Waals surface area contributed by atoms with Gasteiger partial charge in [-0.1, -0.05) is 6.07 Å². The first-order chi connectivity index (χ1) is 13.3. The molecule has 0 fully saturated rings. The number of alkyl halides is 6. The van der Waals surface area contributed by atoms with Crippen molar-refractivity contribution >= 4 is 11.0 Å². The largest absolute Gasteiger partial charge is 0.419 e. The number of hydrogen-bond donors (Lipinski definition) is 2. The summed E-state index contributed by atoms with van der Waals surface area (Å²) in [5, 5.41) is 3.19. The van der Waals surface area contributed by atoms with E-state index in [1.807, 2.05) is 0 Å². The molecule has 2 N–H and O–H groups in total. The number of benzene rings is 1. The van der Waals surface area contributed by atoms with E-state index in [4.69, 9.17) is 0 Å². The standard InChI is InChI=1S/C16H11F7N4O2/c1-6(7-2-3-8(9(17)4-7)16(21,22)23)27-12-11(13(28)25-14(29)24-12)10(26-27)5-15(18,19)20/h2-4,6H,5H2,1H3,(H2,24,25,28,29). The molecular formula is C16H11F7N4O2. The Balaban J connectivity index is 2.18.